The van der Waals surface area contributed by atoms with Gasteiger partial charge in [0.25, 0.3) is 0 Å². The number of thiophene rings is 1. The molecule has 1 rings (SSSR count). The van der Waals surface area contributed by atoms with Crippen molar-refractivity contribution in [3.63, 3.8) is 0 Å². The molecule has 98 valence electrons. The van der Waals surface area contributed by atoms with Gasteiger partial charge in [0.15, 0.2) is 0 Å². The first kappa shape index (κ1) is 14.7. The first-order valence-electron chi connectivity index (χ1n) is 6.89. The van der Waals surface area contributed by atoms with Crippen molar-refractivity contribution in [3.8, 4) is 0 Å². The summed E-state index contributed by atoms with van der Waals surface area (Å²) in [5.74, 6) is 0.662. The van der Waals surface area contributed by atoms with Gasteiger partial charge in [0, 0.05) is 11.4 Å². The van der Waals surface area contributed by atoms with E-state index >= 15 is 0 Å². The predicted octanol–water partition coefficient (Wildman–Crippen LogP) is 4.88. The highest BCUT2D eigenvalue weighted by Crippen LogP contribution is 2.22. The van der Waals surface area contributed by atoms with Gasteiger partial charge in [-0.1, -0.05) is 40.0 Å². The lowest BCUT2D eigenvalue weighted by Gasteiger charge is -2.15. The zero-order chi connectivity index (χ0) is 12.7. The molecule has 0 aliphatic rings. The van der Waals surface area contributed by atoms with Crippen LogP contribution in [0.3, 0.4) is 0 Å². The standard InChI is InChI=1S/C15H27NS/c1-5-6-7-8-9-16(4)11-15-10-14(12-17-15)13(2)3/h10,12-13H,5-9,11H2,1-4H3. The molecule has 0 aliphatic carbocycles. The third-order valence-corrected chi connectivity index (χ3v) is 4.10. The van der Waals surface area contributed by atoms with Gasteiger partial charge in [-0.05, 0) is 42.9 Å². The molecule has 0 saturated heterocycles. The highest BCUT2D eigenvalue weighted by Gasteiger charge is 2.05. The second kappa shape index (κ2) is 7.88. The lowest BCUT2D eigenvalue weighted by Crippen LogP contribution is -2.18. The third-order valence-electron chi connectivity index (χ3n) is 3.16. The molecule has 1 aromatic rings. The fraction of sp³-hybridized carbons (Fsp3) is 0.733. The fourth-order valence-corrected chi connectivity index (χ4v) is 3.06. The van der Waals surface area contributed by atoms with Gasteiger partial charge in [-0.15, -0.1) is 11.3 Å². The molecule has 0 atom stereocenters. The van der Waals surface area contributed by atoms with Crippen molar-refractivity contribution in [3.05, 3.63) is 21.9 Å². The molecule has 0 N–H and O–H groups in total. The first-order chi connectivity index (χ1) is 8.13. The van der Waals surface area contributed by atoms with Crippen molar-refractivity contribution >= 4 is 11.3 Å². The van der Waals surface area contributed by atoms with Crippen LogP contribution in [0.25, 0.3) is 0 Å². The summed E-state index contributed by atoms with van der Waals surface area (Å²) in [5.41, 5.74) is 1.49. The number of rotatable bonds is 8. The Morgan fingerprint density at radius 3 is 2.59 bits per heavy atom. The van der Waals surface area contributed by atoms with E-state index in [1.165, 1.54) is 42.7 Å². The van der Waals surface area contributed by atoms with Gasteiger partial charge in [-0.2, -0.15) is 0 Å². The maximum Gasteiger partial charge on any atom is 0.0324 e. The zero-order valence-corrected chi connectivity index (χ0v) is 12.6. The van der Waals surface area contributed by atoms with Crippen LogP contribution in [0.1, 0.15) is 62.8 Å². The Morgan fingerprint density at radius 1 is 1.24 bits per heavy atom. The number of nitrogens with zero attached hydrogens (tertiary/aromatic N) is 1. The second-order valence-corrected chi connectivity index (χ2v) is 6.30. The van der Waals surface area contributed by atoms with E-state index in [9.17, 15) is 0 Å². The smallest absolute Gasteiger partial charge is 0.0324 e. The van der Waals surface area contributed by atoms with Gasteiger partial charge in [0.1, 0.15) is 0 Å². The van der Waals surface area contributed by atoms with Crippen molar-refractivity contribution in [1.82, 2.24) is 4.90 Å². The van der Waals surface area contributed by atoms with E-state index in [0.29, 0.717) is 5.92 Å². The lowest BCUT2D eigenvalue weighted by atomic mass is 10.1. The van der Waals surface area contributed by atoms with Gasteiger partial charge in [0.2, 0.25) is 0 Å². The molecule has 0 aromatic carbocycles. The summed E-state index contributed by atoms with van der Waals surface area (Å²) in [4.78, 5) is 3.96. The van der Waals surface area contributed by atoms with Gasteiger partial charge < -0.3 is 4.90 Å². The quantitative estimate of drug-likeness (QED) is 0.597. The van der Waals surface area contributed by atoms with Crippen LogP contribution in [0, 0.1) is 0 Å². The largest absolute Gasteiger partial charge is 0.301 e. The zero-order valence-electron chi connectivity index (χ0n) is 11.8. The molecular formula is C15H27NS. The van der Waals surface area contributed by atoms with Crippen molar-refractivity contribution in [2.75, 3.05) is 13.6 Å². The van der Waals surface area contributed by atoms with Crippen LogP contribution in [0.15, 0.2) is 11.4 Å². The first-order valence-corrected chi connectivity index (χ1v) is 7.77. The molecule has 2 heteroatoms. The molecular weight excluding hydrogens is 226 g/mol. The Labute approximate surface area is 111 Å². The Balaban J connectivity index is 2.27. The van der Waals surface area contributed by atoms with Gasteiger partial charge in [-0.3, -0.25) is 0 Å². The predicted molar refractivity (Wildman–Crippen MR) is 78.9 cm³/mol. The summed E-state index contributed by atoms with van der Waals surface area (Å²) in [5, 5.41) is 2.31. The minimum atomic E-state index is 0.662. The summed E-state index contributed by atoms with van der Waals surface area (Å²) < 4.78 is 0. The van der Waals surface area contributed by atoms with Crippen LogP contribution >= 0.6 is 11.3 Å². The van der Waals surface area contributed by atoms with Crippen molar-refractivity contribution in [2.24, 2.45) is 0 Å². The van der Waals surface area contributed by atoms with Crippen LogP contribution in [-0.2, 0) is 6.54 Å². The molecule has 1 nitrogen and oxygen atoms in total. The summed E-state index contributed by atoms with van der Waals surface area (Å²) in [6.07, 6.45) is 5.42. The maximum atomic E-state index is 2.45. The molecule has 0 amide bonds. The van der Waals surface area contributed by atoms with Crippen LogP contribution < -0.4 is 0 Å². The Morgan fingerprint density at radius 2 is 2.00 bits per heavy atom. The SMILES string of the molecule is CCCCCCN(C)Cc1cc(C(C)C)cs1. The van der Waals surface area contributed by atoms with Gasteiger partial charge in [0.05, 0.1) is 0 Å². The minimum Gasteiger partial charge on any atom is -0.301 e. The van der Waals surface area contributed by atoms with E-state index in [2.05, 4.69) is 44.2 Å². The summed E-state index contributed by atoms with van der Waals surface area (Å²) in [6, 6.07) is 2.37. The van der Waals surface area contributed by atoms with Crippen LogP contribution in [0.2, 0.25) is 0 Å². The molecule has 0 bridgehead atoms. The van der Waals surface area contributed by atoms with Crippen molar-refractivity contribution in [2.45, 2.75) is 58.9 Å². The van der Waals surface area contributed by atoms with E-state index in [-0.39, 0.29) is 0 Å². The average Bonchev–Trinajstić information content (AvgIpc) is 2.73. The molecule has 0 unspecified atom stereocenters. The van der Waals surface area contributed by atoms with Crippen molar-refractivity contribution in [1.29, 1.82) is 0 Å². The molecule has 0 saturated carbocycles. The van der Waals surface area contributed by atoms with E-state index in [4.69, 9.17) is 0 Å². The van der Waals surface area contributed by atoms with Gasteiger partial charge in [-0.25, -0.2) is 0 Å². The Kier molecular flexibility index (Phi) is 6.83. The molecule has 0 aliphatic heterocycles. The third kappa shape index (κ3) is 5.69. The highest BCUT2D eigenvalue weighted by molar-refractivity contribution is 7.10. The molecule has 1 aromatic heterocycles. The fourth-order valence-electron chi connectivity index (χ4n) is 1.94. The molecule has 0 fully saturated rings. The van der Waals surface area contributed by atoms with E-state index in [1.54, 1.807) is 0 Å². The molecule has 17 heavy (non-hydrogen) atoms. The average molecular weight is 253 g/mol. The normalized spacial score (nSPS) is 11.6. The van der Waals surface area contributed by atoms with E-state index in [0.717, 1.165) is 6.54 Å². The summed E-state index contributed by atoms with van der Waals surface area (Å²) in [6.45, 7) is 9.14. The number of hydrogen-bond acceptors (Lipinski definition) is 2. The van der Waals surface area contributed by atoms with Crippen LogP contribution in [0.4, 0.5) is 0 Å². The Hall–Kier alpha value is -0.340. The molecule has 1 heterocycles. The maximum absolute atomic E-state index is 2.45. The van der Waals surface area contributed by atoms with Crippen LogP contribution in [0.5, 0.6) is 0 Å². The van der Waals surface area contributed by atoms with Crippen molar-refractivity contribution < 1.29 is 0 Å². The van der Waals surface area contributed by atoms with E-state index < -0.39 is 0 Å². The molecule has 0 spiro atoms. The summed E-state index contributed by atoms with van der Waals surface area (Å²) >= 11 is 1.91. The Bertz CT molecular complexity index is 304. The summed E-state index contributed by atoms with van der Waals surface area (Å²) in [7, 11) is 2.24. The monoisotopic (exact) mass is 253 g/mol. The second-order valence-electron chi connectivity index (χ2n) is 5.30. The molecule has 0 radical (unpaired) electrons. The topological polar surface area (TPSA) is 3.24 Å². The van der Waals surface area contributed by atoms with Crippen LogP contribution in [-0.4, -0.2) is 18.5 Å². The highest BCUT2D eigenvalue weighted by atomic mass is 32.1. The number of unbranched alkanes of at least 4 members (excludes halogenated alkanes) is 3. The lowest BCUT2D eigenvalue weighted by molar-refractivity contribution is 0.319. The van der Waals surface area contributed by atoms with Gasteiger partial charge >= 0.3 is 0 Å². The minimum absolute atomic E-state index is 0.662. The van der Waals surface area contributed by atoms with E-state index in [1.807, 2.05) is 11.3 Å². The number of hydrogen-bond donors (Lipinski definition) is 0.